The molecule has 0 aliphatic carbocycles. The predicted octanol–water partition coefficient (Wildman–Crippen LogP) is 2.63. The van der Waals surface area contributed by atoms with Gasteiger partial charge in [-0.25, -0.2) is 16.8 Å². The molecule has 35 heavy (non-hydrogen) atoms. The van der Waals surface area contributed by atoms with Gasteiger partial charge in [0.05, 0.1) is 15.8 Å². The SMILES string of the molecule is C[C@H](NC(=O)[C@@H]1CN(S(=O)(=O)c2ccccc2)CCN1S(=O)(=O)c1ccccc1)c1ccccc1. The molecule has 8 nitrogen and oxygen atoms in total. The zero-order valence-electron chi connectivity index (χ0n) is 19.2. The summed E-state index contributed by atoms with van der Waals surface area (Å²) in [7, 11) is -7.95. The first-order valence-electron chi connectivity index (χ1n) is 11.2. The molecule has 3 aromatic carbocycles. The highest BCUT2D eigenvalue weighted by atomic mass is 32.2. The van der Waals surface area contributed by atoms with Crippen molar-refractivity contribution in [1.82, 2.24) is 13.9 Å². The van der Waals surface area contributed by atoms with E-state index in [0.717, 1.165) is 9.87 Å². The second kappa shape index (κ2) is 10.3. The third-order valence-electron chi connectivity index (χ3n) is 5.99. The highest BCUT2D eigenvalue weighted by molar-refractivity contribution is 7.89. The molecule has 0 spiro atoms. The molecule has 0 saturated carbocycles. The number of carbonyl (C=O) groups excluding carboxylic acids is 1. The number of nitrogens with zero attached hydrogens (tertiary/aromatic N) is 2. The van der Waals surface area contributed by atoms with Gasteiger partial charge in [0.15, 0.2) is 0 Å². The standard InChI is InChI=1S/C25H27N3O5S2/c1-20(21-11-5-2-6-12-21)26-25(29)24-19-27(34(30,31)22-13-7-3-8-14-22)17-18-28(24)35(32,33)23-15-9-4-10-16-23/h2-16,20,24H,17-19H2,1H3,(H,26,29)/t20-,24-/m0/s1. The molecule has 1 fully saturated rings. The summed E-state index contributed by atoms with van der Waals surface area (Å²) in [4.78, 5) is 13.6. The second-order valence-corrected chi connectivity index (χ2v) is 12.1. The molecule has 0 radical (unpaired) electrons. The Kier molecular flexibility index (Phi) is 7.36. The minimum Gasteiger partial charge on any atom is -0.348 e. The molecule has 2 atom stereocenters. The van der Waals surface area contributed by atoms with Gasteiger partial charge in [0, 0.05) is 19.6 Å². The maximum absolute atomic E-state index is 13.5. The van der Waals surface area contributed by atoms with E-state index in [-0.39, 0.29) is 29.4 Å². The van der Waals surface area contributed by atoms with Gasteiger partial charge < -0.3 is 5.32 Å². The molecular weight excluding hydrogens is 486 g/mol. The van der Waals surface area contributed by atoms with Crippen molar-refractivity contribution in [2.75, 3.05) is 19.6 Å². The Morgan fingerprint density at radius 1 is 0.771 bits per heavy atom. The monoisotopic (exact) mass is 513 g/mol. The van der Waals surface area contributed by atoms with Gasteiger partial charge in [-0.15, -0.1) is 0 Å². The summed E-state index contributed by atoms with van der Waals surface area (Å²) in [6.45, 7) is 1.28. The van der Waals surface area contributed by atoms with E-state index in [1.54, 1.807) is 43.3 Å². The normalized spacial score (nSPS) is 18.6. The summed E-state index contributed by atoms with van der Waals surface area (Å²) < 4.78 is 55.7. The minimum atomic E-state index is -4.04. The lowest BCUT2D eigenvalue weighted by Gasteiger charge is -2.39. The fourth-order valence-corrected chi connectivity index (χ4v) is 7.11. The van der Waals surface area contributed by atoms with Gasteiger partial charge >= 0.3 is 0 Å². The Bertz CT molecular complexity index is 1370. The lowest BCUT2D eigenvalue weighted by atomic mass is 10.1. The number of nitrogens with one attached hydrogen (secondary N) is 1. The fraction of sp³-hybridized carbons (Fsp3) is 0.240. The van der Waals surface area contributed by atoms with Crippen molar-refractivity contribution < 1.29 is 21.6 Å². The molecular formula is C25H27N3O5S2. The van der Waals surface area contributed by atoms with Crippen LogP contribution in [0.2, 0.25) is 0 Å². The number of hydrogen-bond donors (Lipinski definition) is 1. The summed E-state index contributed by atoms with van der Waals surface area (Å²) in [5.41, 5.74) is 0.850. The fourth-order valence-electron chi connectivity index (χ4n) is 4.06. The van der Waals surface area contributed by atoms with Crippen molar-refractivity contribution >= 4 is 26.0 Å². The lowest BCUT2D eigenvalue weighted by molar-refractivity contribution is -0.126. The van der Waals surface area contributed by atoms with E-state index in [9.17, 15) is 21.6 Å². The third kappa shape index (κ3) is 5.30. The maximum atomic E-state index is 13.5. The zero-order valence-corrected chi connectivity index (χ0v) is 20.8. The van der Waals surface area contributed by atoms with E-state index in [2.05, 4.69) is 5.32 Å². The topological polar surface area (TPSA) is 104 Å². The summed E-state index contributed by atoms with van der Waals surface area (Å²) in [5, 5.41) is 2.86. The highest BCUT2D eigenvalue weighted by Crippen LogP contribution is 2.26. The van der Waals surface area contributed by atoms with Crippen LogP contribution >= 0.6 is 0 Å². The quantitative estimate of drug-likeness (QED) is 0.523. The molecule has 1 heterocycles. The molecule has 4 rings (SSSR count). The van der Waals surface area contributed by atoms with Crippen molar-refractivity contribution in [2.45, 2.75) is 28.8 Å². The third-order valence-corrected chi connectivity index (χ3v) is 9.79. The number of rotatable bonds is 7. The van der Waals surface area contributed by atoms with E-state index in [1.165, 1.54) is 28.6 Å². The van der Waals surface area contributed by atoms with Crippen molar-refractivity contribution in [2.24, 2.45) is 0 Å². The van der Waals surface area contributed by atoms with E-state index in [0.29, 0.717) is 0 Å². The molecule has 0 aromatic heterocycles. The Morgan fingerprint density at radius 3 is 1.80 bits per heavy atom. The van der Waals surface area contributed by atoms with Crippen LogP contribution in [0.25, 0.3) is 0 Å². The van der Waals surface area contributed by atoms with Crippen LogP contribution in [0.4, 0.5) is 0 Å². The molecule has 1 N–H and O–H groups in total. The molecule has 1 amide bonds. The molecule has 1 saturated heterocycles. The summed E-state index contributed by atoms with van der Waals surface area (Å²) >= 11 is 0. The molecule has 0 bridgehead atoms. The van der Waals surface area contributed by atoms with Crippen LogP contribution in [-0.2, 0) is 24.8 Å². The van der Waals surface area contributed by atoms with Gasteiger partial charge in [-0.05, 0) is 36.8 Å². The summed E-state index contributed by atoms with van der Waals surface area (Å²) in [5.74, 6) is -0.561. The van der Waals surface area contributed by atoms with Crippen LogP contribution in [0.3, 0.4) is 0 Å². The van der Waals surface area contributed by atoms with Crippen LogP contribution in [-0.4, -0.2) is 57.0 Å². The predicted molar refractivity (Wildman–Crippen MR) is 132 cm³/mol. The van der Waals surface area contributed by atoms with Crippen LogP contribution in [0, 0.1) is 0 Å². The minimum absolute atomic E-state index is 0.0493. The molecule has 3 aromatic rings. The van der Waals surface area contributed by atoms with Crippen molar-refractivity contribution in [3.05, 3.63) is 96.6 Å². The van der Waals surface area contributed by atoms with Gasteiger partial charge in [0.25, 0.3) is 0 Å². The number of piperazine rings is 1. The first-order valence-corrected chi connectivity index (χ1v) is 14.1. The average molecular weight is 514 g/mol. The molecule has 184 valence electrons. The molecule has 1 aliphatic heterocycles. The zero-order chi connectivity index (χ0) is 25.1. The van der Waals surface area contributed by atoms with E-state index in [4.69, 9.17) is 0 Å². The molecule has 10 heteroatoms. The van der Waals surface area contributed by atoms with Crippen LogP contribution < -0.4 is 5.32 Å². The van der Waals surface area contributed by atoms with E-state index >= 15 is 0 Å². The van der Waals surface area contributed by atoms with Gasteiger partial charge in [-0.2, -0.15) is 8.61 Å². The number of amides is 1. The Labute approximate surface area is 206 Å². The first kappa shape index (κ1) is 25.1. The first-order chi connectivity index (χ1) is 16.7. The Balaban J connectivity index is 1.66. The van der Waals surface area contributed by atoms with Crippen molar-refractivity contribution in [3.63, 3.8) is 0 Å². The van der Waals surface area contributed by atoms with Gasteiger partial charge in [0.2, 0.25) is 26.0 Å². The maximum Gasteiger partial charge on any atom is 0.243 e. The van der Waals surface area contributed by atoms with Crippen LogP contribution in [0.15, 0.2) is 101 Å². The van der Waals surface area contributed by atoms with Gasteiger partial charge in [-0.3, -0.25) is 4.79 Å². The van der Waals surface area contributed by atoms with Gasteiger partial charge in [0.1, 0.15) is 6.04 Å². The average Bonchev–Trinajstić information content (AvgIpc) is 2.89. The Morgan fingerprint density at radius 2 is 1.26 bits per heavy atom. The number of sulfonamides is 2. The van der Waals surface area contributed by atoms with E-state index in [1.807, 2.05) is 30.3 Å². The highest BCUT2D eigenvalue weighted by Gasteiger charge is 2.43. The van der Waals surface area contributed by atoms with Crippen LogP contribution in [0.1, 0.15) is 18.5 Å². The number of carbonyl (C=O) groups is 1. The Hall–Kier alpha value is -3.05. The second-order valence-electron chi connectivity index (χ2n) is 8.26. The van der Waals surface area contributed by atoms with Gasteiger partial charge in [-0.1, -0.05) is 66.7 Å². The van der Waals surface area contributed by atoms with E-state index < -0.39 is 38.0 Å². The number of hydrogen-bond acceptors (Lipinski definition) is 5. The van der Waals surface area contributed by atoms with Crippen molar-refractivity contribution in [3.8, 4) is 0 Å². The molecule has 0 unspecified atom stereocenters. The lowest BCUT2D eigenvalue weighted by Crippen LogP contribution is -2.61. The van der Waals surface area contributed by atoms with Crippen LogP contribution in [0.5, 0.6) is 0 Å². The summed E-state index contributed by atoms with van der Waals surface area (Å²) in [6.07, 6.45) is 0. The summed E-state index contributed by atoms with van der Waals surface area (Å²) in [6, 6.07) is 23.4. The molecule has 1 aliphatic rings. The number of benzene rings is 3. The smallest absolute Gasteiger partial charge is 0.243 e. The largest absolute Gasteiger partial charge is 0.348 e. The van der Waals surface area contributed by atoms with Crippen molar-refractivity contribution in [1.29, 1.82) is 0 Å².